The molecule has 16 heavy (non-hydrogen) atoms. The van der Waals surface area contributed by atoms with Gasteiger partial charge in [-0.25, -0.2) is 0 Å². The molecule has 0 bridgehead atoms. The molecule has 2 aliphatic heterocycles. The smallest absolute Gasteiger partial charge is 0.00220 e. The summed E-state index contributed by atoms with van der Waals surface area (Å²) >= 11 is 0. The van der Waals surface area contributed by atoms with Crippen molar-refractivity contribution in [3.05, 3.63) is 0 Å². The normalized spacial score (nSPS) is 25.9. The Labute approximate surface area is 101 Å². The Morgan fingerprint density at radius 1 is 0.938 bits per heavy atom. The van der Waals surface area contributed by atoms with E-state index in [1.165, 1.54) is 65.0 Å². The first-order chi connectivity index (χ1) is 7.81. The van der Waals surface area contributed by atoms with E-state index in [4.69, 9.17) is 0 Å². The zero-order chi connectivity index (χ0) is 11.4. The van der Waals surface area contributed by atoms with Crippen LogP contribution in [0.4, 0.5) is 0 Å². The Kier molecular flexibility index (Phi) is 4.66. The first-order valence-corrected chi connectivity index (χ1v) is 7.26. The van der Waals surface area contributed by atoms with Gasteiger partial charge in [-0.2, -0.15) is 0 Å². The Morgan fingerprint density at radius 3 is 2.19 bits per heavy atom. The van der Waals surface area contributed by atoms with Crippen LogP contribution in [0, 0.1) is 11.8 Å². The molecule has 0 aromatic heterocycles. The summed E-state index contributed by atoms with van der Waals surface area (Å²) in [5.41, 5.74) is 0. The molecule has 0 amide bonds. The van der Waals surface area contributed by atoms with Crippen LogP contribution in [0.1, 0.15) is 39.5 Å². The SMILES string of the molecule is CCCN1CCC(CC2CN(CC)C2)CC1. The Balaban J connectivity index is 1.59. The van der Waals surface area contributed by atoms with Gasteiger partial charge in [0, 0.05) is 13.1 Å². The highest BCUT2D eigenvalue weighted by Crippen LogP contribution is 2.28. The van der Waals surface area contributed by atoms with Gasteiger partial charge in [-0.05, 0) is 63.7 Å². The van der Waals surface area contributed by atoms with Crippen LogP contribution in [0.5, 0.6) is 0 Å². The molecule has 2 heterocycles. The molecule has 0 aromatic rings. The minimum Gasteiger partial charge on any atom is -0.303 e. The fourth-order valence-corrected chi connectivity index (χ4v) is 3.32. The fourth-order valence-electron chi connectivity index (χ4n) is 3.32. The molecule has 2 heteroatoms. The predicted molar refractivity (Wildman–Crippen MR) is 69.7 cm³/mol. The number of hydrogen-bond donors (Lipinski definition) is 0. The molecule has 0 saturated carbocycles. The molecule has 94 valence electrons. The van der Waals surface area contributed by atoms with Crippen LogP contribution in [0.2, 0.25) is 0 Å². The molecular formula is C14H28N2. The lowest BCUT2D eigenvalue weighted by atomic mass is 9.83. The molecule has 0 aromatic carbocycles. The first-order valence-electron chi connectivity index (χ1n) is 7.26. The van der Waals surface area contributed by atoms with Crippen molar-refractivity contribution in [2.75, 3.05) is 39.3 Å². The van der Waals surface area contributed by atoms with E-state index in [0.717, 1.165) is 11.8 Å². The second-order valence-corrected chi connectivity index (χ2v) is 5.74. The van der Waals surface area contributed by atoms with E-state index in [2.05, 4.69) is 23.6 Å². The van der Waals surface area contributed by atoms with Crippen LogP contribution in [0.3, 0.4) is 0 Å². The zero-order valence-corrected chi connectivity index (χ0v) is 11.1. The monoisotopic (exact) mass is 224 g/mol. The van der Waals surface area contributed by atoms with E-state index in [-0.39, 0.29) is 0 Å². The Morgan fingerprint density at radius 2 is 1.62 bits per heavy atom. The van der Waals surface area contributed by atoms with Gasteiger partial charge in [-0.15, -0.1) is 0 Å². The lowest BCUT2D eigenvalue weighted by Crippen LogP contribution is -2.47. The van der Waals surface area contributed by atoms with Gasteiger partial charge in [0.15, 0.2) is 0 Å². The highest BCUT2D eigenvalue weighted by molar-refractivity contribution is 4.83. The third-order valence-electron chi connectivity index (χ3n) is 4.39. The molecule has 2 fully saturated rings. The number of nitrogens with zero attached hydrogens (tertiary/aromatic N) is 2. The molecule has 2 nitrogen and oxygen atoms in total. The van der Waals surface area contributed by atoms with E-state index in [9.17, 15) is 0 Å². The Bertz CT molecular complexity index is 191. The fraction of sp³-hybridized carbons (Fsp3) is 1.00. The van der Waals surface area contributed by atoms with Crippen LogP contribution in [0.25, 0.3) is 0 Å². The second kappa shape index (κ2) is 6.02. The van der Waals surface area contributed by atoms with Crippen molar-refractivity contribution in [3.8, 4) is 0 Å². The molecule has 0 N–H and O–H groups in total. The van der Waals surface area contributed by atoms with Crippen molar-refractivity contribution in [1.29, 1.82) is 0 Å². The van der Waals surface area contributed by atoms with Gasteiger partial charge in [0.2, 0.25) is 0 Å². The van der Waals surface area contributed by atoms with Gasteiger partial charge in [-0.3, -0.25) is 0 Å². The largest absolute Gasteiger partial charge is 0.303 e. The first kappa shape index (κ1) is 12.4. The molecule has 0 spiro atoms. The highest BCUT2D eigenvalue weighted by atomic mass is 15.2. The average molecular weight is 224 g/mol. The standard InChI is InChI=1S/C14H28N2/c1-3-7-16-8-5-13(6-9-16)10-14-11-15(4-2)12-14/h13-14H,3-12H2,1-2H3. The maximum Gasteiger partial charge on any atom is 0.00220 e. The average Bonchev–Trinajstić information content (AvgIpc) is 2.25. The van der Waals surface area contributed by atoms with Crippen molar-refractivity contribution >= 4 is 0 Å². The molecule has 2 rings (SSSR count). The third-order valence-corrected chi connectivity index (χ3v) is 4.39. The van der Waals surface area contributed by atoms with E-state index < -0.39 is 0 Å². The van der Waals surface area contributed by atoms with Crippen molar-refractivity contribution in [1.82, 2.24) is 9.80 Å². The summed E-state index contributed by atoms with van der Waals surface area (Å²) < 4.78 is 0. The van der Waals surface area contributed by atoms with Crippen LogP contribution in [-0.4, -0.2) is 49.1 Å². The van der Waals surface area contributed by atoms with Gasteiger partial charge in [0.1, 0.15) is 0 Å². The van der Waals surface area contributed by atoms with E-state index >= 15 is 0 Å². The van der Waals surface area contributed by atoms with Gasteiger partial charge in [-0.1, -0.05) is 13.8 Å². The minimum atomic E-state index is 1.03. The highest BCUT2D eigenvalue weighted by Gasteiger charge is 2.29. The molecule has 0 aliphatic carbocycles. The van der Waals surface area contributed by atoms with Crippen LogP contribution < -0.4 is 0 Å². The summed E-state index contributed by atoms with van der Waals surface area (Å²) in [5, 5.41) is 0. The van der Waals surface area contributed by atoms with E-state index in [1.54, 1.807) is 0 Å². The summed E-state index contributed by atoms with van der Waals surface area (Å²) in [7, 11) is 0. The molecular weight excluding hydrogens is 196 g/mol. The van der Waals surface area contributed by atoms with Crippen LogP contribution >= 0.6 is 0 Å². The summed E-state index contributed by atoms with van der Waals surface area (Å²) in [6.07, 6.45) is 5.75. The molecule has 0 atom stereocenters. The van der Waals surface area contributed by atoms with E-state index in [1.807, 2.05) is 0 Å². The van der Waals surface area contributed by atoms with Crippen molar-refractivity contribution in [3.63, 3.8) is 0 Å². The zero-order valence-electron chi connectivity index (χ0n) is 11.1. The lowest BCUT2D eigenvalue weighted by molar-refractivity contribution is 0.0721. The Hall–Kier alpha value is -0.0800. The van der Waals surface area contributed by atoms with Crippen molar-refractivity contribution < 1.29 is 0 Å². The number of hydrogen-bond acceptors (Lipinski definition) is 2. The third kappa shape index (κ3) is 3.21. The van der Waals surface area contributed by atoms with Gasteiger partial charge >= 0.3 is 0 Å². The number of likely N-dealkylation sites (tertiary alicyclic amines) is 2. The maximum atomic E-state index is 2.65. The van der Waals surface area contributed by atoms with Gasteiger partial charge in [0.25, 0.3) is 0 Å². The second-order valence-electron chi connectivity index (χ2n) is 5.74. The predicted octanol–water partition coefficient (Wildman–Crippen LogP) is 2.45. The summed E-state index contributed by atoms with van der Waals surface area (Å²) in [6, 6.07) is 0. The molecule has 0 unspecified atom stereocenters. The maximum absolute atomic E-state index is 2.65. The van der Waals surface area contributed by atoms with E-state index in [0.29, 0.717) is 0 Å². The molecule has 2 aliphatic rings. The van der Waals surface area contributed by atoms with Gasteiger partial charge in [0.05, 0.1) is 0 Å². The molecule has 0 radical (unpaired) electrons. The summed E-state index contributed by atoms with van der Waals surface area (Å²) in [6.45, 7) is 12.6. The van der Waals surface area contributed by atoms with Crippen LogP contribution in [0.15, 0.2) is 0 Å². The number of rotatable bonds is 5. The summed E-state index contributed by atoms with van der Waals surface area (Å²) in [5.74, 6) is 2.07. The van der Waals surface area contributed by atoms with Crippen molar-refractivity contribution in [2.45, 2.75) is 39.5 Å². The summed E-state index contributed by atoms with van der Waals surface area (Å²) in [4.78, 5) is 5.21. The number of piperidine rings is 1. The quantitative estimate of drug-likeness (QED) is 0.708. The molecule has 2 saturated heterocycles. The van der Waals surface area contributed by atoms with Crippen LogP contribution in [-0.2, 0) is 0 Å². The van der Waals surface area contributed by atoms with Crippen molar-refractivity contribution in [2.24, 2.45) is 11.8 Å². The van der Waals surface area contributed by atoms with Gasteiger partial charge < -0.3 is 9.80 Å². The topological polar surface area (TPSA) is 6.48 Å². The minimum absolute atomic E-state index is 1.03. The lowest BCUT2D eigenvalue weighted by Gasteiger charge is -2.42.